The second-order valence-corrected chi connectivity index (χ2v) is 6.08. The molecular formula is C13H18O2. The van der Waals surface area contributed by atoms with E-state index < -0.39 is 0 Å². The zero-order valence-corrected chi connectivity index (χ0v) is 9.29. The van der Waals surface area contributed by atoms with Gasteiger partial charge in [-0.1, -0.05) is 0 Å². The highest BCUT2D eigenvalue weighted by Gasteiger charge is 2.77. The summed E-state index contributed by atoms with van der Waals surface area (Å²) >= 11 is 0. The van der Waals surface area contributed by atoms with Gasteiger partial charge in [0.05, 0.1) is 5.60 Å². The first kappa shape index (κ1) is 8.74. The molecule has 0 unspecified atom stereocenters. The third kappa shape index (κ3) is 0.641. The number of carbonyl (C=O) groups is 1. The zero-order chi connectivity index (χ0) is 10.3. The fourth-order valence-electron chi connectivity index (χ4n) is 5.74. The Balaban J connectivity index is 1.91. The van der Waals surface area contributed by atoms with E-state index in [1.54, 1.807) is 0 Å². The highest BCUT2D eigenvalue weighted by Crippen LogP contribution is 2.76. The van der Waals surface area contributed by atoms with E-state index in [1.807, 2.05) is 7.11 Å². The van der Waals surface area contributed by atoms with Crippen LogP contribution in [0.2, 0.25) is 0 Å². The van der Waals surface area contributed by atoms with Gasteiger partial charge in [0.25, 0.3) is 0 Å². The SMILES string of the molecule is CO[C@]12[C@@H]3CC[C@]14CC[C@@H]4C[C@H]2C(=O)C3. The summed E-state index contributed by atoms with van der Waals surface area (Å²) in [4.78, 5) is 12.0. The van der Waals surface area contributed by atoms with Gasteiger partial charge in [0.1, 0.15) is 5.78 Å². The molecule has 0 aromatic rings. The van der Waals surface area contributed by atoms with Crippen LogP contribution in [0.3, 0.4) is 0 Å². The summed E-state index contributed by atoms with van der Waals surface area (Å²) in [5, 5.41) is 0. The van der Waals surface area contributed by atoms with Crippen LogP contribution >= 0.6 is 0 Å². The summed E-state index contributed by atoms with van der Waals surface area (Å²) in [6.45, 7) is 0. The molecule has 2 nitrogen and oxygen atoms in total. The lowest BCUT2D eigenvalue weighted by molar-refractivity contribution is -0.152. The van der Waals surface area contributed by atoms with E-state index in [0.29, 0.717) is 17.1 Å². The maximum absolute atomic E-state index is 12.0. The number of carbonyl (C=O) groups excluding carboxylic acids is 1. The number of hydrogen-bond acceptors (Lipinski definition) is 2. The molecule has 0 aromatic carbocycles. The summed E-state index contributed by atoms with van der Waals surface area (Å²) in [7, 11) is 1.85. The third-order valence-corrected chi connectivity index (χ3v) is 6.26. The molecule has 4 rings (SSSR count). The molecule has 4 fully saturated rings. The molecule has 5 atom stereocenters. The Hall–Kier alpha value is -0.370. The molecular weight excluding hydrogens is 188 g/mol. The number of ether oxygens (including phenoxy) is 1. The van der Waals surface area contributed by atoms with Crippen LogP contribution in [0.4, 0.5) is 0 Å². The molecule has 0 N–H and O–H groups in total. The van der Waals surface area contributed by atoms with Gasteiger partial charge in [-0.25, -0.2) is 0 Å². The molecule has 15 heavy (non-hydrogen) atoms. The molecule has 0 aliphatic heterocycles. The Kier molecular flexibility index (Phi) is 1.35. The van der Waals surface area contributed by atoms with Crippen molar-refractivity contribution >= 4 is 5.78 Å². The van der Waals surface area contributed by atoms with Gasteiger partial charge in [-0.2, -0.15) is 0 Å². The Bertz CT molecular complexity index is 350. The number of hydrogen-bond donors (Lipinski definition) is 0. The third-order valence-electron chi connectivity index (χ3n) is 6.26. The van der Waals surface area contributed by atoms with Crippen LogP contribution in [0.5, 0.6) is 0 Å². The maximum Gasteiger partial charge on any atom is 0.139 e. The second-order valence-electron chi connectivity index (χ2n) is 6.08. The first-order valence-corrected chi connectivity index (χ1v) is 6.32. The molecule has 0 amide bonds. The predicted molar refractivity (Wildman–Crippen MR) is 55.4 cm³/mol. The lowest BCUT2D eigenvalue weighted by Crippen LogP contribution is -2.53. The molecule has 82 valence electrons. The molecule has 0 saturated heterocycles. The minimum absolute atomic E-state index is 0.00694. The predicted octanol–water partition coefficient (Wildman–Crippen LogP) is 2.17. The van der Waals surface area contributed by atoms with Crippen molar-refractivity contribution in [2.75, 3.05) is 7.11 Å². The average molecular weight is 206 g/mol. The van der Waals surface area contributed by atoms with Gasteiger partial charge in [0.15, 0.2) is 0 Å². The summed E-state index contributed by atoms with van der Waals surface area (Å²) in [6, 6.07) is 0. The van der Waals surface area contributed by atoms with Crippen molar-refractivity contribution in [2.24, 2.45) is 23.2 Å². The van der Waals surface area contributed by atoms with E-state index in [1.165, 1.54) is 25.7 Å². The van der Waals surface area contributed by atoms with Gasteiger partial charge in [-0.3, -0.25) is 4.79 Å². The number of ketones is 1. The fourth-order valence-corrected chi connectivity index (χ4v) is 5.74. The van der Waals surface area contributed by atoms with Crippen LogP contribution in [-0.2, 0) is 9.53 Å². The van der Waals surface area contributed by atoms with Crippen molar-refractivity contribution in [3.63, 3.8) is 0 Å². The Labute approximate surface area is 90.4 Å². The maximum atomic E-state index is 12.0. The van der Waals surface area contributed by atoms with Crippen LogP contribution in [0.25, 0.3) is 0 Å². The van der Waals surface area contributed by atoms with Crippen molar-refractivity contribution in [1.29, 1.82) is 0 Å². The molecule has 1 spiro atoms. The normalized spacial score (nSPS) is 60.3. The van der Waals surface area contributed by atoms with Crippen molar-refractivity contribution < 1.29 is 9.53 Å². The molecule has 4 saturated carbocycles. The van der Waals surface area contributed by atoms with Crippen molar-refractivity contribution in [2.45, 2.75) is 44.1 Å². The van der Waals surface area contributed by atoms with Crippen LogP contribution in [0, 0.1) is 23.2 Å². The van der Waals surface area contributed by atoms with E-state index in [2.05, 4.69) is 0 Å². The number of rotatable bonds is 1. The van der Waals surface area contributed by atoms with Crippen molar-refractivity contribution in [3.8, 4) is 0 Å². The first-order chi connectivity index (χ1) is 7.24. The lowest BCUT2D eigenvalue weighted by atomic mass is 9.57. The van der Waals surface area contributed by atoms with Gasteiger partial charge in [-0.05, 0) is 43.9 Å². The van der Waals surface area contributed by atoms with Crippen molar-refractivity contribution in [3.05, 3.63) is 0 Å². The highest BCUT2D eigenvalue weighted by atomic mass is 16.5. The van der Waals surface area contributed by atoms with Gasteiger partial charge in [0.2, 0.25) is 0 Å². The number of methoxy groups -OCH3 is 1. The standard InChI is InChI=1S/C13H18O2/c1-15-13-9-3-5-12(13)4-2-8(12)6-10(13)11(14)7-9/h8-10H,2-7H2,1H3/t8-,9-,10+,12+,13+/m1/s1. The highest BCUT2D eigenvalue weighted by molar-refractivity contribution is 5.87. The van der Waals surface area contributed by atoms with Crippen molar-refractivity contribution in [1.82, 2.24) is 0 Å². The molecule has 2 heteroatoms. The second kappa shape index (κ2) is 2.32. The fraction of sp³-hybridized carbons (Fsp3) is 0.923. The van der Waals surface area contributed by atoms with E-state index in [-0.39, 0.29) is 11.5 Å². The van der Waals surface area contributed by atoms with Gasteiger partial charge >= 0.3 is 0 Å². The summed E-state index contributed by atoms with van der Waals surface area (Å²) < 4.78 is 5.98. The minimum atomic E-state index is -0.00694. The summed E-state index contributed by atoms with van der Waals surface area (Å²) in [5.41, 5.74) is 0.427. The Morgan fingerprint density at radius 3 is 2.67 bits per heavy atom. The van der Waals surface area contributed by atoms with Gasteiger partial charge in [-0.15, -0.1) is 0 Å². The summed E-state index contributed by atoms with van der Waals surface area (Å²) in [6.07, 6.45) is 7.20. The Morgan fingerprint density at radius 2 is 2.00 bits per heavy atom. The molecule has 0 radical (unpaired) electrons. The molecule has 0 bridgehead atoms. The zero-order valence-electron chi connectivity index (χ0n) is 9.29. The van der Waals surface area contributed by atoms with Gasteiger partial charge in [0, 0.05) is 24.9 Å². The van der Waals surface area contributed by atoms with Crippen LogP contribution in [-0.4, -0.2) is 18.5 Å². The topological polar surface area (TPSA) is 26.3 Å². The monoisotopic (exact) mass is 206 g/mol. The van der Waals surface area contributed by atoms with Crippen LogP contribution < -0.4 is 0 Å². The van der Waals surface area contributed by atoms with E-state index in [4.69, 9.17) is 4.74 Å². The largest absolute Gasteiger partial charge is 0.377 e. The van der Waals surface area contributed by atoms with Crippen LogP contribution in [0.15, 0.2) is 0 Å². The quantitative estimate of drug-likeness (QED) is 0.657. The molecule has 4 aliphatic carbocycles. The molecule has 0 heterocycles. The minimum Gasteiger partial charge on any atom is -0.377 e. The van der Waals surface area contributed by atoms with E-state index in [0.717, 1.165) is 18.8 Å². The first-order valence-electron chi connectivity index (χ1n) is 6.32. The summed E-state index contributed by atoms with van der Waals surface area (Å²) in [5.74, 6) is 2.15. The van der Waals surface area contributed by atoms with E-state index >= 15 is 0 Å². The molecule has 0 aromatic heterocycles. The Morgan fingerprint density at radius 1 is 1.27 bits per heavy atom. The number of Topliss-reactive ketones (excluding diaryl/α,β-unsaturated/α-hetero) is 1. The van der Waals surface area contributed by atoms with E-state index in [9.17, 15) is 4.79 Å². The van der Waals surface area contributed by atoms with Crippen LogP contribution in [0.1, 0.15) is 38.5 Å². The van der Waals surface area contributed by atoms with Gasteiger partial charge < -0.3 is 4.74 Å². The average Bonchev–Trinajstić information content (AvgIpc) is 2.72. The molecule has 4 aliphatic rings. The smallest absolute Gasteiger partial charge is 0.139 e. The lowest BCUT2D eigenvalue weighted by Gasteiger charge is -2.51.